The van der Waals surface area contributed by atoms with Crippen molar-refractivity contribution in [3.8, 4) is 0 Å². The van der Waals surface area contributed by atoms with Crippen LogP contribution in [0.3, 0.4) is 0 Å². The second kappa shape index (κ2) is 7.69. The summed E-state index contributed by atoms with van der Waals surface area (Å²) in [5.74, 6) is 0. The molecule has 1 N–H and O–H groups in total. The van der Waals surface area contributed by atoms with Crippen LogP contribution in [0.1, 0.15) is 5.56 Å². The summed E-state index contributed by atoms with van der Waals surface area (Å²) >= 11 is 3.56. The smallest absolute Gasteiger partial charge is 0.0758 e. The molecule has 0 radical (unpaired) electrons. The summed E-state index contributed by atoms with van der Waals surface area (Å²) in [6.45, 7) is 2.98. The minimum atomic E-state index is 0.144. The molecule has 0 amide bonds. The van der Waals surface area contributed by atoms with Crippen molar-refractivity contribution in [3.63, 3.8) is 0 Å². The first-order chi connectivity index (χ1) is 9.76. The maximum absolute atomic E-state index is 9.17. The van der Waals surface area contributed by atoms with Crippen molar-refractivity contribution in [2.24, 2.45) is 0 Å². The highest BCUT2D eigenvalue weighted by Crippen LogP contribution is 2.25. The summed E-state index contributed by atoms with van der Waals surface area (Å²) in [6, 6.07) is 8.12. The van der Waals surface area contributed by atoms with Gasteiger partial charge < -0.3 is 9.84 Å². The van der Waals surface area contributed by atoms with Gasteiger partial charge in [0.25, 0.3) is 0 Å². The number of aliphatic hydroxyl groups is 1. The van der Waals surface area contributed by atoms with Gasteiger partial charge in [-0.15, -0.1) is 0 Å². The molecule has 1 heterocycles. The number of rotatable bonds is 7. The molecule has 0 aliphatic rings. The fourth-order valence-electron chi connectivity index (χ4n) is 2.20. The Balaban J connectivity index is 2.25. The number of hydrogen-bond donors (Lipinski definition) is 1. The number of benzene rings is 1. The van der Waals surface area contributed by atoms with Crippen molar-refractivity contribution in [2.75, 3.05) is 33.4 Å². The predicted molar refractivity (Wildman–Crippen MR) is 83.7 cm³/mol. The zero-order valence-electron chi connectivity index (χ0n) is 11.6. The van der Waals surface area contributed by atoms with E-state index in [1.165, 1.54) is 0 Å². The van der Waals surface area contributed by atoms with Gasteiger partial charge in [0.05, 0.1) is 18.7 Å². The minimum Gasteiger partial charge on any atom is -0.395 e. The van der Waals surface area contributed by atoms with Crippen molar-refractivity contribution in [3.05, 3.63) is 40.5 Å². The second-order valence-corrected chi connectivity index (χ2v) is 5.45. The average Bonchev–Trinajstić information content (AvgIpc) is 2.48. The molecule has 0 spiro atoms. The number of methoxy groups -OCH3 is 1. The predicted octanol–water partition coefficient (Wildman–Crippen LogP) is 2.44. The van der Waals surface area contributed by atoms with E-state index in [0.717, 1.165) is 34.0 Å². The zero-order valence-corrected chi connectivity index (χ0v) is 13.1. The molecular weight excluding hydrogens is 320 g/mol. The third-order valence-electron chi connectivity index (χ3n) is 3.22. The van der Waals surface area contributed by atoms with Gasteiger partial charge in [-0.3, -0.25) is 9.88 Å². The Morgan fingerprint density at radius 3 is 2.90 bits per heavy atom. The van der Waals surface area contributed by atoms with Crippen LogP contribution < -0.4 is 0 Å². The van der Waals surface area contributed by atoms with E-state index in [0.29, 0.717) is 13.2 Å². The maximum atomic E-state index is 9.17. The number of fused-ring (bicyclic) bond motifs is 1. The van der Waals surface area contributed by atoms with Crippen LogP contribution in [0.2, 0.25) is 0 Å². The van der Waals surface area contributed by atoms with Gasteiger partial charge in [0.1, 0.15) is 0 Å². The van der Waals surface area contributed by atoms with Crippen molar-refractivity contribution >= 4 is 26.8 Å². The summed E-state index contributed by atoms with van der Waals surface area (Å²) in [7, 11) is 1.69. The van der Waals surface area contributed by atoms with Crippen LogP contribution in [0.4, 0.5) is 0 Å². The molecule has 2 aromatic rings. The summed E-state index contributed by atoms with van der Waals surface area (Å²) in [6.07, 6.45) is 1.81. The Bertz CT molecular complexity index is 563. The monoisotopic (exact) mass is 338 g/mol. The molecule has 0 aliphatic heterocycles. The van der Waals surface area contributed by atoms with Crippen LogP contribution in [-0.4, -0.2) is 48.4 Å². The molecule has 5 heteroatoms. The lowest BCUT2D eigenvalue weighted by Gasteiger charge is -2.21. The lowest BCUT2D eigenvalue weighted by molar-refractivity contribution is 0.127. The van der Waals surface area contributed by atoms with E-state index in [9.17, 15) is 0 Å². The minimum absolute atomic E-state index is 0.144. The van der Waals surface area contributed by atoms with E-state index in [1.54, 1.807) is 7.11 Å². The molecule has 0 aliphatic carbocycles. The number of pyridine rings is 1. The molecule has 0 fully saturated rings. The first-order valence-electron chi connectivity index (χ1n) is 6.60. The van der Waals surface area contributed by atoms with Gasteiger partial charge in [-0.25, -0.2) is 0 Å². The Labute approximate surface area is 127 Å². The molecule has 2 rings (SSSR count). The van der Waals surface area contributed by atoms with E-state index >= 15 is 0 Å². The Morgan fingerprint density at radius 1 is 1.30 bits per heavy atom. The van der Waals surface area contributed by atoms with Gasteiger partial charge in [-0.1, -0.05) is 28.1 Å². The van der Waals surface area contributed by atoms with Crippen LogP contribution in [0.25, 0.3) is 10.9 Å². The maximum Gasteiger partial charge on any atom is 0.0758 e. The van der Waals surface area contributed by atoms with Crippen LogP contribution in [0.5, 0.6) is 0 Å². The van der Waals surface area contributed by atoms with Crippen molar-refractivity contribution in [1.82, 2.24) is 9.88 Å². The molecule has 0 atom stereocenters. The van der Waals surface area contributed by atoms with Gasteiger partial charge in [-0.05, 0) is 17.7 Å². The van der Waals surface area contributed by atoms with Gasteiger partial charge in [0.15, 0.2) is 0 Å². The second-order valence-electron chi connectivity index (χ2n) is 4.60. The van der Waals surface area contributed by atoms with Crippen LogP contribution in [0.15, 0.2) is 34.9 Å². The topological polar surface area (TPSA) is 45.6 Å². The first-order valence-corrected chi connectivity index (χ1v) is 7.40. The molecule has 1 aromatic carbocycles. The SMILES string of the molecule is COCCN(CCO)Cc1ccc(Br)c2cccnc12. The lowest BCUT2D eigenvalue weighted by atomic mass is 10.1. The van der Waals surface area contributed by atoms with Crippen molar-refractivity contribution < 1.29 is 9.84 Å². The van der Waals surface area contributed by atoms with Crippen LogP contribution in [0, 0.1) is 0 Å². The standard InChI is InChI=1S/C15H19BrN2O2/c1-20-10-8-18(7-9-19)11-12-4-5-14(16)13-3-2-6-17-15(12)13/h2-6,19H,7-11H2,1H3. The number of nitrogens with zero attached hydrogens (tertiary/aromatic N) is 2. The molecule has 108 valence electrons. The van der Waals surface area contributed by atoms with Crippen LogP contribution in [-0.2, 0) is 11.3 Å². The number of ether oxygens (including phenoxy) is 1. The van der Waals surface area contributed by atoms with Gasteiger partial charge in [-0.2, -0.15) is 0 Å². The molecule has 0 saturated heterocycles. The number of halogens is 1. The van der Waals surface area contributed by atoms with E-state index in [4.69, 9.17) is 9.84 Å². The largest absolute Gasteiger partial charge is 0.395 e. The van der Waals surface area contributed by atoms with E-state index < -0.39 is 0 Å². The zero-order chi connectivity index (χ0) is 14.4. The lowest BCUT2D eigenvalue weighted by Crippen LogP contribution is -2.30. The third-order valence-corrected chi connectivity index (χ3v) is 3.91. The van der Waals surface area contributed by atoms with Gasteiger partial charge >= 0.3 is 0 Å². The van der Waals surface area contributed by atoms with E-state index in [1.807, 2.05) is 18.3 Å². The highest BCUT2D eigenvalue weighted by Gasteiger charge is 2.10. The summed E-state index contributed by atoms with van der Waals surface area (Å²) < 4.78 is 6.17. The van der Waals surface area contributed by atoms with Crippen molar-refractivity contribution in [1.29, 1.82) is 0 Å². The summed E-state index contributed by atoms with van der Waals surface area (Å²) in [5.41, 5.74) is 2.16. The number of hydrogen-bond acceptors (Lipinski definition) is 4. The number of aromatic nitrogens is 1. The highest BCUT2D eigenvalue weighted by atomic mass is 79.9. The van der Waals surface area contributed by atoms with Gasteiger partial charge in [0.2, 0.25) is 0 Å². The molecule has 20 heavy (non-hydrogen) atoms. The highest BCUT2D eigenvalue weighted by molar-refractivity contribution is 9.10. The fraction of sp³-hybridized carbons (Fsp3) is 0.400. The first kappa shape index (κ1) is 15.4. The Hall–Kier alpha value is -1.01. The molecule has 0 unspecified atom stereocenters. The molecule has 1 aromatic heterocycles. The van der Waals surface area contributed by atoms with Gasteiger partial charge in [0, 0.05) is 42.8 Å². The molecule has 0 saturated carbocycles. The summed E-state index contributed by atoms with van der Waals surface area (Å²) in [4.78, 5) is 6.65. The van der Waals surface area contributed by atoms with E-state index in [2.05, 4.69) is 37.9 Å². The Morgan fingerprint density at radius 2 is 2.15 bits per heavy atom. The van der Waals surface area contributed by atoms with Crippen LogP contribution >= 0.6 is 15.9 Å². The third kappa shape index (κ3) is 3.76. The molecule has 4 nitrogen and oxygen atoms in total. The van der Waals surface area contributed by atoms with Crippen molar-refractivity contribution in [2.45, 2.75) is 6.54 Å². The quantitative estimate of drug-likeness (QED) is 0.842. The fourth-order valence-corrected chi connectivity index (χ4v) is 2.65. The normalized spacial score (nSPS) is 11.4. The van der Waals surface area contributed by atoms with E-state index in [-0.39, 0.29) is 6.61 Å². The summed E-state index contributed by atoms with van der Waals surface area (Å²) in [5, 5.41) is 10.3. The Kier molecular flexibility index (Phi) is 5.91. The molecular formula is C15H19BrN2O2. The number of aliphatic hydroxyl groups excluding tert-OH is 1. The molecule has 0 bridgehead atoms. The average molecular weight is 339 g/mol.